The molecule has 2 nitrogen and oxygen atoms in total. The molecule has 0 amide bonds. The molecule has 1 aliphatic carbocycles. The largest absolute Gasteiger partial charge is 0.359 e. The number of hydrogen-bond acceptors (Lipinski definition) is 2. The van der Waals surface area contributed by atoms with Crippen LogP contribution in [-0.2, 0) is 0 Å². The smallest absolute Gasteiger partial charge is 0.157 e. The third kappa shape index (κ3) is 3.22. The molecule has 1 aliphatic heterocycles. The van der Waals surface area contributed by atoms with Gasteiger partial charge in [-0.1, -0.05) is 59.1 Å². The first kappa shape index (κ1) is 14.5. The Morgan fingerprint density at radius 1 is 1.30 bits per heavy atom. The molecule has 1 N–H and O–H groups in total. The Balaban J connectivity index is 1.70. The Hall–Kier alpha value is -0.480. The summed E-state index contributed by atoms with van der Waals surface area (Å²) in [6, 6.07) is 8.65. The van der Waals surface area contributed by atoms with Gasteiger partial charge in [-0.2, -0.15) is 0 Å². The van der Waals surface area contributed by atoms with Gasteiger partial charge in [-0.05, 0) is 37.5 Å². The van der Waals surface area contributed by atoms with Gasteiger partial charge in [0.25, 0.3) is 0 Å². The third-order valence-corrected chi connectivity index (χ3v) is 5.98. The van der Waals surface area contributed by atoms with Crippen molar-refractivity contribution in [2.45, 2.75) is 50.6 Å². The lowest BCUT2D eigenvalue weighted by atomic mass is 9.83. The third-order valence-electron chi connectivity index (χ3n) is 4.31. The molecule has 0 radical (unpaired) electrons. The molecule has 1 saturated heterocycles. The van der Waals surface area contributed by atoms with Crippen molar-refractivity contribution in [1.82, 2.24) is 5.32 Å². The van der Waals surface area contributed by atoms with Crippen LogP contribution in [0.2, 0.25) is 0 Å². The fourth-order valence-corrected chi connectivity index (χ4v) is 4.80. The average molecular weight is 353 g/mol. The van der Waals surface area contributed by atoms with Crippen molar-refractivity contribution in [3.63, 3.8) is 0 Å². The first-order valence-electron chi connectivity index (χ1n) is 7.41. The molecule has 0 bridgehead atoms. The van der Waals surface area contributed by atoms with E-state index in [0.717, 1.165) is 9.64 Å². The highest BCUT2D eigenvalue weighted by Gasteiger charge is 2.38. The summed E-state index contributed by atoms with van der Waals surface area (Å²) in [6.07, 6.45) is 6.74. The number of thioether (sulfide) groups is 1. The summed E-state index contributed by atoms with van der Waals surface area (Å²) in [5.41, 5.74) is 1.61. The number of amidine groups is 1. The number of rotatable bonds is 2. The fraction of sp³-hybridized carbons (Fsp3) is 0.562. The molecular weight excluding hydrogens is 332 g/mol. The van der Waals surface area contributed by atoms with Gasteiger partial charge in [-0.25, -0.2) is 0 Å². The number of aliphatic imine (C=N–C) groups is 1. The van der Waals surface area contributed by atoms with E-state index >= 15 is 0 Å². The Kier molecular flexibility index (Phi) is 4.41. The highest BCUT2D eigenvalue weighted by molar-refractivity contribution is 9.10. The number of nitrogens with zero attached hydrogens (tertiary/aromatic N) is 1. The van der Waals surface area contributed by atoms with E-state index in [1.54, 1.807) is 0 Å². The second kappa shape index (κ2) is 6.10. The summed E-state index contributed by atoms with van der Waals surface area (Å²) in [5, 5.41) is 4.86. The maximum absolute atomic E-state index is 4.88. The molecule has 1 atom stereocenters. The first-order valence-corrected chi connectivity index (χ1v) is 9.19. The molecule has 3 rings (SSSR count). The highest BCUT2D eigenvalue weighted by atomic mass is 79.9. The molecule has 1 aromatic carbocycles. The highest BCUT2D eigenvalue weighted by Crippen LogP contribution is 2.36. The molecule has 1 spiro atoms. The van der Waals surface area contributed by atoms with Crippen LogP contribution < -0.4 is 5.32 Å². The van der Waals surface area contributed by atoms with Crippen LogP contribution in [0.25, 0.3) is 0 Å². The maximum Gasteiger partial charge on any atom is 0.157 e. The van der Waals surface area contributed by atoms with Gasteiger partial charge in [0.15, 0.2) is 5.17 Å². The quantitative estimate of drug-likeness (QED) is 0.817. The molecule has 2 aliphatic rings. The Labute approximate surface area is 134 Å². The zero-order valence-corrected chi connectivity index (χ0v) is 14.3. The van der Waals surface area contributed by atoms with Crippen molar-refractivity contribution in [3.05, 3.63) is 34.3 Å². The number of hydrogen-bond donors (Lipinski definition) is 1. The van der Waals surface area contributed by atoms with Crippen molar-refractivity contribution in [3.8, 4) is 0 Å². The molecule has 1 heterocycles. The van der Waals surface area contributed by atoms with Gasteiger partial charge >= 0.3 is 0 Å². The van der Waals surface area contributed by atoms with Gasteiger partial charge < -0.3 is 5.32 Å². The van der Waals surface area contributed by atoms with E-state index in [0.29, 0.717) is 5.54 Å². The van der Waals surface area contributed by atoms with Crippen LogP contribution in [-0.4, -0.2) is 16.5 Å². The Morgan fingerprint density at radius 2 is 2.10 bits per heavy atom. The summed E-state index contributed by atoms with van der Waals surface area (Å²) in [5.74, 6) is 1.19. The van der Waals surface area contributed by atoms with Crippen LogP contribution in [0.3, 0.4) is 0 Å². The monoisotopic (exact) mass is 352 g/mol. The van der Waals surface area contributed by atoms with Gasteiger partial charge in [0, 0.05) is 15.8 Å². The SMILES string of the molecule is CC(N=C1NC2(CCCCC2)CS1)c1cccc(Br)c1. The molecule has 1 aromatic rings. The van der Waals surface area contributed by atoms with Crippen LogP contribution in [0, 0.1) is 0 Å². The van der Waals surface area contributed by atoms with Crippen molar-refractivity contribution < 1.29 is 0 Å². The number of benzene rings is 1. The molecule has 2 fully saturated rings. The van der Waals surface area contributed by atoms with Gasteiger partial charge in [0.05, 0.1) is 6.04 Å². The molecule has 0 aromatic heterocycles. The number of halogens is 1. The van der Waals surface area contributed by atoms with Crippen LogP contribution in [0.5, 0.6) is 0 Å². The zero-order chi connectivity index (χ0) is 14.0. The molecule has 4 heteroatoms. The summed E-state index contributed by atoms with van der Waals surface area (Å²) in [6.45, 7) is 2.17. The van der Waals surface area contributed by atoms with E-state index in [2.05, 4.69) is 52.4 Å². The maximum atomic E-state index is 4.88. The molecule has 1 saturated carbocycles. The minimum atomic E-state index is 0.209. The van der Waals surface area contributed by atoms with Gasteiger partial charge in [0.1, 0.15) is 0 Å². The van der Waals surface area contributed by atoms with Crippen LogP contribution >= 0.6 is 27.7 Å². The van der Waals surface area contributed by atoms with Crippen molar-refractivity contribution >= 4 is 32.9 Å². The van der Waals surface area contributed by atoms with E-state index in [4.69, 9.17) is 4.99 Å². The normalized spacial score (nSPS) is 24.8. The molecule has 1 unspecified atom stereocenters. The van der Waals surface area contributed by atoms with Crippen LogP contribution in [0.4, 0.5) is 0 Å². The predicted molar refractivity (Wildman–Crippen MR) is 91.4 cm³/mol. The lowest BCUT2D eigenvalue weighted by molar-refractivity contribution is 0.303. The topological polar surface area (TPSA) is 24.4 Å². The minimum Gasteiger partial charge on any atom is -0.359 e. The second-order valence-corrected chi connectivity index (χ2v) is 7.80. The summed E-state index contributed by atoms with van der Waals surface area (Å²) in [7, 11) is 0. The minimum absolute atomic E-state index is 0.209. The van der Waals surface area contributed by atoms with E-state index in [1.165, 1.54) is 43.4 Å². The van der Waals surface area contributed by atoms with E-state index < -0.39 is 0 Å². The fourth-order valence-electron chi connectivity index (χ4n) is 3.09. The summed E-state index contributed by atoms with van der Waals surface area (Å²) < 4.78 is 1.12. The summed E-state index contributed by atoms with van der Waals surface area (Å²) in [4.78, 5) is 4.88. The van der Waals surface area contributed by atoms with Crippen LogP contribution in [0.1, 0.15) is 50.6 Å². The van der Waals surface area contributed by atoms with Gasteiger partial charge in [0.2, 0.25) is 0 Å². The molecule has 108 valence electrons. The van der Waals surface area contributed by atoms with Crippen molar-refractivity contribution in [1.29, 1.82) is 0 Å². The van der Waals surface area contributed by atoms with Crippen molar-refractivity contribution in [2.24, 2.45) is 4.99 Å². The lowest BCUT2D eigenvalue weighted by Crippen LogP contribution is -2.45. The molecular formula is C16H21BrN2S. The standard InChI is InChI=1S/C16H21BrN2S/c1-12(13-6-5-7-14(17)10-13)18-15-19-16(11-20-15)8-3-2-4-9-16/h5-7,10,12H,2-4,8-9,11H2,1H3,(H,18,19). The Bertz CT molecular complexity index is 509. The predicted octanol–water partition coefficient (Wildman–Crippen LogP) is 4.91. The first-order chi connectivity index (χ1) is 9.67. The van der Waals surface area contributed by atoms with Gasteiger partial charge in [-0.3, -0.25) is 4.99 Å². The van der Waals surface area contributed by atoms with Crippen molar-refractivity contribution in [2.75, 3.05) is 5.75 Å². The van der Waals surface area contributed by atoms with E-state index in [-0.39, 0.29) is 6.04 Å². The van der Waals surface area contributed by atoms with Crippen LogP contribution in [0.15, 0.2) is 33.7 Å². The van der Waals surface area contributed by atoms with E-state index in [1.807, 2.05) is 11.8 Å². The number of nitrogens with one attached hydrogen (secondary N) is 1. The Morgan fingerprint density at radius 3 is 2.85 bits per heavy atom. The van der Waals surface area contributed by atoms with E-state index in [9.17, 15) is 0 Å². The second-order valence-electron chi connectivity index (χ2n) is 5.92. The summed E-state index contributed by atoms with van der Waals surface area (Å²) >= 11 is 5.43. The average Bonchev–Trinajstić information content (AvgIpc) is 2.82. The van der Waals surface area contributed by atoms with Gasteiger partial charge in [-0.15, -0.1) is 0 Å². The lowest BCUT2D eigenvalue weighted by Gasteiger charge is -2.32. The molecule has 20 heavy (non-hydrogen) atoms. The zero-order valence-electron chi connectivity index (χ0n) is 11.9.